The van der Waals surface area contributed by atoms with Crippen LogP contribution in [0.25, 0.3) is 11.0 Å². The van der Waals surface area contributed by atoms with Gasteiger partial charge in [-0.2, -0.15) is 5.26 Å². The second-order valence-electron chi connectivity index (χ2n) is 4.98. The van der Waals surface area contributed by atoms with Gasteiger partial charge in [0.2, 0.25) is 10.0 Å². The number of aromatic nitrogens is 2. The van der Waals surface area contributed by atoms with E-state index in [1.165, 1.54) is 23.9 Å². The van der Waals surface area contributed by atoms with Gasteiger partial charge in [0, 0.05) is 6.54 Å². The third-order valence-corrected chi connectivity index (χ3v) is 5.10. The van der Waals surface area contributed by atoms with E-state index in [0.29, 0.717) is 5.52 Å². The molecule has 1 aromatic carbocycles. The van der Waals surface area contributed by atoms with Crippen LogP contribution in [0.3, 0.4) is 0 Å². The van der Waals surface area contributed by atoms with Gasteiger partial charge in [-0.15, -0.1) is 0 Å². The van der Waals surface area contributed by atoms with E-state index in [2.05, 4.69) is 18.0 Å². The molecule has 8 heteroatoms. The van der Waals surface area contributed by atoms with Crippen LogP contribution in [0.4, 0.5) is 0 Å². The fourth-order valence-corrected chi connectivity index (χ4v) is 3.44. The number of fused-ring (bicyclic) bond motifs is 1. The molecule has 1 aromatic heterocycles. The summed E-state index contributed by atoms with van der Waals surface area (Å²) in [6, 6.07) is 6.86. The quantitative estimate of drug-likeness (QED) is 0.815. The lowest BCUT2D eigenvalue weighted by molar-refractivity contribution is 0.597. The van der Waals surface area contributed by atoms with E-state index in [1.54, 1.807) is 6.07 Å². The molecule has 6 nitrogen and oxygen atoms in total. The van der Waals surface area contributed by atoms with Gasteiger partial charge in [-0.05, 0) is 31.5 Å². The van der Waals surface area contributed by atoms with Crippen molar-refractivity contribution in [3.63, 3.8) is 0 Å². The van der Waals surface area contributed by atoms with Crippen molar-refractivity contribution in [3.8, 4) is 6.07 Å². The first kappa shape index (κ1) is 16.8. The summed E-state index contributed by atoms with van der Waals surface area (Å²) in [6.45, 7) is 4.69. The van der Waals surface area contributed by atoms with Crippen molar-refractivity contribution in [1.82, 2.24) is 9.55 Å². The van der Waals surface area contributed by atoms with E-state index in [1.807, 2.05) is 11.5 Å². The number of aryl methyl sites for hydroxylation is 1. The van der Waals surface area contributed by atoms with Crippen molar-refractivity contribution in [1.29, 1.82) is 5.26 Å². The van der Waals surface area contributed by atoms with Gasteiger partial charge in [-0.1, -0.05) is 25.1 Å². The van der Waals surface area contributed by atoms with E-state index in [9.17, 15) is 8.42 Å². The molecule has 0 saturated carbocycles. The third-order valence-electron chi connectivity index (χ3n) is 3.21. The van der Waals surface area contributed by atoms with Crippen LogP contribution in [0.2, 0.25) is 0 Å². The van der Waals surface area contributed by atoms with Crippen molar-refractivity contribution in [2.24, 2.45) is 5.14 Å². The molecule has 0 amide bonds. The zero-order chi connectivity index (χ0) is 16.3. The first-order valence-electron chi connectivity index (χ1n) is 6.96. The number of hydrogen-bond acceptors (Lipinski definition) is 5. The van der Waals surface area contributed by atoms with Crippen LogP contribution in [-0.2, 0) is 16.6 Å². The van der Waals surface area contributed by atoms with Crippen LogP contribution >= 0.6 is 11.8 Å². The number of rotatable bonds is 6. The van der Waals surface area contributed by atoms with E-state index in [-0.39, 0.29) is 10.1 Å². The number of sulfonamides is 1. The van der Waals surface area contributed by atoms with Gasteiger partial charge < -0.3 is 4.57 Å². The molecule has 1 heterocycles. The summed E-state index contributed by atoms with van der Waals surface area (Å²) in [6.07, 6.45) is 2.02. The monoisotopic (exact) mass is 338 g/mol. The van der Waals surface area contributed by atoms with E-state index >= 15 is 0 Å². The number of unbranched alkanes of at least 4 members (excludes halogenated alkanes) is 1. The Morgan fingerprint density at radius 3 is 2.82 bits per heavy atom. The molecule has 0 saturated heterocycles. The number of thioether (sulfide) groups is 1. The van der Waals surface area contributed by atoms with Crippen LogP contribution in [0.5, 0.6) is 0 Å². The number of nitriles is 1. The van der Waals surface area contributed by atoms with Crippen molar-refractivity contribution >= 4 is 32.8 Å². The molecule has 0 fully saturated rings. The first-order valence-corrected chi connectivity index (χ1v) is 9.38. The smallest absolute Gasteiger partial charge is 0.238 e. The average molecular weight is 338 g/mol. The highest BCUT2D eigenvalue weighted by Gasteiger charge is 2.16. The van der Waals surface area contributed by atoms with E-state index in [0.717, 1.165) is 30.1 Å². The molecule has 0 aliphatic heterocycles. The molecule has 0 aliphatic carbocycles. The minimum atomic E-state index is -3.75. The Balaban J connectivity index is 2.55. The summed E-state index contributed by atoms with van der Waals surface area (Å²) < 4.78 is 25.0. The van der Waals surface area contributed by atoms with Gasteiger partial charge in [0.15, 0.2) is 5.16 Å². The van der Waals surface area contributed by atoms with Gasteiger partial charge in [-0.3, -0.25) is 0 Å². The number of imidazole rings is 1. The molecule has 2 aromatic rings. The maximum absolute atomic E-state index is 11.5. The molecular weight excluding hydrogens is 320 g/mol. The largest absolute Gasteiger partial charge is 0.319 e. The van der Waals surface area contributed by atoms with Crippen molar-refractivity contribution in [2.75, 3.05) is 0 Å². The van der Waals surface area contributed by atoms with E-state index < -0.39 is 10.0 Å². The predicted molar refractivity (Wildman–Crippen MR) is 86.9 cm³/mol. The molecule has 0 radical (unpaired) electrons. The molecule has 118 valence electrons. The lowest BCUT2D eigenvalue weighted by Crippen LogP contribution is -2.11. The average Bonchev–Trinajstić information content (AvgIpc) is 2.80. The summed E-state index contributed by atoms with van der Waals surface area (Å²) >= 11 is 1.37. The third kappa shape index (κ3) is 3.61. The van der Waals surface area contributed by atoms with Crippen molar-refractivity contribution in [3.05, 3.63) is 18.2 Å². The first-order chi connectivity index (χ1) is 10.4. The SMILES string of the molecule is CCCCn1c(S[C@@H](C)C#N)nc2cc(S(N)(=O)=O)ccc21. The fraction of sp³-hybridized carbons (Fsp3) is 0.429. The Bertz CT molecular complexity index is 821. The minimum absolute atomic E-state index is 0.0463. The highest BCUT2D eigenvalue weighted by molar-refractivity contribution is 8.00. The number of nitrogens with zero attached hydrogens (tertiary/aromatic N) is 3. The molecule has 22 heavy (non-hydrogen) atoms. The standard InChI is InChI=1S/C14H18N4O2S2/c1-3-4-7-18-13-6-5-11(22(16,19)20)8-12(13)17-14(18)21-10(2)9-15/h5-6,8,10H,3-4,7H2,1-2H3,(H2,16,19,20)/t10-/m0/s1. The molecule has 2 N–H and O–H groups in total. The summed E-state index contributed by atoms with van der Waals surface area (Å²) in [7, 11) is -3.75. The highest BCUT2D eigenvalue weighted by atomic mass is 32.2. The maximum Gasteiger partial charge on any atom is 0.238 e. The van der Waals surface area contributed by atoms with Crippen LogP contribution in [-0.4, -0.2) is 23.2 Å². The minimum Gasteiger partial charge on any atom is -0.319 e. The Morgan fingerprint density at radius 2 is 2.23 bits per heavy atom. The zero-order valence-corrected chi connectivity index (χ0v) is 14.1. The second kappa shape index (κ2) is 6.69. The molecule has 0 aliphatic rings. The highest BCUT2D eigenvalue weighted by Crippen LogP contribution is 2.28. The zero-order valence-electron chi connectivity index (χ0n) is 12.5. The summed E-state index contributed by atoms with van der Waals surface area (Å²) in [5.74, 6) is 0. The topological polar surface area (TPSA) is 102 Å². The molecular formula is C14H18N4O2S2. The van der Waals surface area contributed by atoms with Crippen LogP contribution in [0.15, 0.2) is 28.3 Å². The van der Waals surface area contributed by atoms with Gasteiger partial charge in [0.1, 0.15) is 0 Å². The normalized spacial score (nSPS) is 13.2. The van der Waals surface area contributed by atoms with Crippen molar-refractivity contribution in [2.45, 2.75) is 48.5 Å². The van der Waals surface area contributed by atoms with Crippen LogP contribution in [0, 0.1) is 11.3 Å². The van der Waals surface area contributed by atoms with Gasteiger partial charge in [0.05, 0.1) is 27.2 Å². The molecule has 0 bridgehead atoms. The molecule has 1 atom stereocenters. The van der Waals surface area contributed by atoms with Gasteiger partial charge >= 0.3 is 0 Å². The van der Waals surface area contributed by atoms with Crippen molar-refractivity contribution < 1.29 is 8.42 Å². The Morgan fingerprint density at radius 1 is 1.50 bits per heavy atom. The second-order valence-corrected chi connectivity index (χ2v) is 7.85. The molecule has 0 spiro atoms. The lowest BCUT2D eigenvalue weighted by atomic mass is 10.3. The lowest BCUT2D eigenvalue weighted by Gasteiger charge is -2.08. The molecule has 0 unspecified atom stereocenters. The number of benzene rings is 1. The summed E-state index contributed by atoms with van der Waals surface area (Å²) in [5, 5.41) is 14.6. The summed E-state index contributed by atoms with van der Waals surface area (Å²) in [4.78, 5) is 4.53. The Labute approximate surface area is 134 Å². The number of hydrogen-bond donors (Lipinski definition) is 1. The predicted octanol–water partition coefficient (Wildman–Crippen LogP) is 2.49. The number of nitrogens with two attached hydrogens (primary N) is 1. The number of primary sulfonamides is 1. The summed E-state index contributed by atoms with van der Waals surface area (Å²) in [5.41, 5.74) is 1.43. The van der Waals surface area contributed by atoms with E-state index in [4.69, 9.17) is 10.4 Å². The van der Waals surface area contributed by atoms with Crippen LogP contribution in [0.1, 0.15) is 26.7 Å². The Hall–Kier alpha value is -1.56. The van der Waals surface area contributed by atoms with Gasteiger partial charge in [0.25, 0.3) is 0 Å². The van der Waals surface area contributed by atoms with Crippen LogP contribution < -0.4 is 5.14 Å². The molecule has 2 rings (SSSR count). The fourth-order valence-electron chi connectivity index (χ4n) is 2.07. The Kier molecular flexibility index (Phi) is 5.11. The van der Waals surface area contributed by atoms with Gasteiger partial charge in [-0.25, -0.2) is 18.5 Å². The maximum atomic E-state index is 11.5.